The average molecular weight is 336 g/mol. The fourth-order valence-electron chi connectivity index (χ4n) is 1.65. The van der Waals surface area contributed by atoms with Gasteiger partial charge in [-0.05, 0) is 43.3 Å². The second-order valence-corrected chi connectivity index (χ2v) is 5.66. The summed E-state index contributed by atoms with van der Waals surface area (Å²) in [5.41, 5.74) is 3.82. The zero-order chi connectivity index (χ0) is 17.1. The smallest absolute Gasteiger partial charge is 0.224 e. The van der Waals surface area contributed by atoms with E-state index in [4.69, 9.17) is 21.7 Å². The highest BCUT2D eigenvalue weighted by Crippen LogP contribution is 2.28. The Morgan fingerprint density at radius 2 is 2.13 bits per heavy atom. The Bertz CT molecular complexity index is 545. The molecule has 0 atom stereocenters. The lowest BCUT2D eigenvalue weighted by Crippen LogP contribution is -2.82. The SMILES string of the molecule is C=CCNC(=S)N[NH+]=Cc1ccc(OCC(C)C)c(OCC)c1. The van der Waals surface area contributed by atoms with Crippen LogP contribution >= 0.6 is 12.2 Å². The number of nitrogens with one attached hydrogen (secondary N) is 3. The van der Waals surface area contributed by atoms with Gasteiger partial charge < -0.3 is 14.8 Å². The van der Waals surface area contributed by atoms with E-state index in [1.807, 2.05) is 25.1 Å². The van der Waals surface area contributed by atoms with Gasteiger partial charge >= 0.3 is 0 Å². The molecular weight excluding hydrogens is 310 g/mol. The molecule has 0 fully saturated rings. The van der Waals surface area contributed by atoms with Crippen molar-refractivity contribution in [2.75, 3.05) is 19.8 Å². The second kappa shape index (κ2) is 10.6. The van der Waals surface area contributed by atoms with Crippen LogP contribution in [-0.2, 0) is 0 Å². The maximum atomic E-state index is 5.78. The molecule has 0 radical (unpaired) electrons. The summed E-state index contributed by atoms with van der Waals surface area (Å²) in [6.45, 7) is 11.7. The highest BCUT2D eigenvalue weighted by atomic mass is 32.1. The summed E-state index contributed by atoms with van der Waals surface area (Å²) in [5, 5.41) is 6.40. The maximum Gasteiger partial charge on any atom is 0.224 e. The molecule has 0 aliphatic rings. The molecule has 0 aromatic heterocycles. The Morgan fingerprint density at radius 1 is 1.35 bits per heavy atom. The molecular formula is C17H26N3O2S+. The molecule has 0 spiro atoms. The predicted molar refractivity (Wildman–Crippen MR) is 98.0 cm³/mol. The molecule has 0 aliphatic heterocycles. The zero-order valence-electron chi connectivity index (χ0n) is 14.0. The molecule has 0 saturated carbocycles. The third-order valence-electron chi connectivity index (χ3n) is 2.67. The van der Waals surface area contributed by atoms with Crippen LogP contribution in [0.5, 0.6) is 11.5 Å². The topological polar surface area (TPSA) is 56.5 Å². The van der Waals surface area contributed by atoms with Crippen molar-refractivity contribution in [2.45, 2.75) is 20.8 Å². The van der Waals surface area contributed by atoms with Crippen LogP contribution in [0, 0.1) is 5.92 Å². The summed E-state index contributed by atoms with van der Waals surface area (Å²) < 4.78 is 11.4. The van der Waals surface area contributed by atoms with Crippen molar-refractivity contribution in [1.29, 1.82) is 0 Å². The second-order valence-electron chi connectivity index (χ2n) is 5.26. The third kappa shape index (κ3) is 7.65. The molecule has 0 bridgehead atoms. The molecule has 1 aromatic carbocycles. The van der Waals surface area contributed by atoms with Crippen LogP contribution in [0.1, 0.15) is 26.3 Å². The lowest BCUT2D eigenvalue weighted by Gasteiger charge is -2.13. The molecule has 0 aliphatic carbocycles. The predicted octanol–water partition coefficient (Wildman–Crippen LogP) is 1.18. The van der Waals surface area contributed by atoms with E-state index in [9.17, 15) is 0 Å². The summed E-state index contributed by atoms with van der Waals surface area (Å²) in [6.07, 6.45) is 3.54. The van der Waals surface area contributed by atoms with Crippen LogP contribution < -0.4 is 25.3 Å². The molecule has 5 nitrogen and oxygen atoms in total. The fourth-order valence-corrected chi connectivity index (χ4v) is 1.79. The van der Waals surface area contributed by atoms with Gasteiger partial charge in [-0.2, -0.15) is 0 Å². The van der Waals surface area contributed by atoms with Gasteiger partial charge in [-0.25, -0.2) is 0 Å². The zero-order valence-corrected chi connectivity index (χ0v) is 14.8. The first kappa shape index (κ1) is 19.0. The Morgan fingerprint density at radius 3 is 2.78 bits per heavy atom. The fraction of sp³-hybridized carbons (Fsp3) is 0.412. The van der Waals surface area contributed by atoms with E-state index >= 15 is 0 Å². The van der Waals surface area contributed by atoms with Crippen molar-refractivity contribution in [3.05, 3.63) is 36.4 Å². The van der Waals surface area contributed by atoms with Crippen LogP contribution in [0.15, 0.2) is 30.9 Å². The Hall–Kier alpha value is -2.08. The molecule has 0 saturated heterocycles. The molecule has 3 N–H and O–H groups in total. The molecule has 0 amide bonds. The highest BCUT2D eigenvalue weighted by Gasteiger charge is 2.08. The number of thiocarbonyl (C=S) groups is 1. The lowest BCUT2D eigenvalue weighted by molar-refractivity contribution is -0.500. The Kier molecular flexibility index (Phi) is 8.75. The Labute approximate surface area is 143 Å². The molecule has 1 rings (SSSR count). The number of benzene rings is 1. The van der Waals surface area contributed by atoms with Crippen molar-refractivity contribution in [3.63, 3.8) is 0 Å². The van der Waals surface area contributed by atoms with Crippen LogP contribution in [0.25, 0.3) is 0 Å². The van der Waals surface area contributed by atoms with Crippen molar-refractivity contribution in [3.8, 4) is 11.5 Å². The quantitative estimate of drug-likeness (QED) is 0.274. The van der Waals surface area contributed by atoms with Gasteiger partial charge in [-0.3, -0.25) is 0 Å². The molecule has 6 heteroatoms. The summed E-state index contributed by atoms with van der Waals surface area (Å²) in [6, 6.07) is 5.79. The first-order valence-electron chi connectivity index (χ1n) is 7.70. The molecule has 23 heavy (non-hydrogen) atoms. The summed E-state index contributed by atoms with van der Waals surface area (Å²) in [4.78, 5) is 0. The van der Waals surface area contributed by atoms with E-state index in [0.717, 1.165) is 17.1 Å². The summed E-state index contributed by atoms with van der Waals surface area (Å²) in [5.74, 6) is 1.95. The van der Waals surface area contributed by atoms with Gasteiger partial charge in [0, 0.05) is 12.1 Å². The maximum absolute atomic E-state index is 5.78. The molecule has 0 heterocycles. The van der Waals surface area contributed by atoms with E-state index < -0.39 is 0 Å². The van der Waals surface area contributed by atoms with Crippen molar-refractivity contribution >= 4 is 23.5 Å². The lowest BCUT2D eigenvalue weighted by atomic mass is 10.2. The van der Waals surface area contributed by atoms with Gasteiger partial charge in [0.1, 0.15) is 0 Å². The average Bonchev–Trinajstić information content (AvgIpc) is 2.52. The number of hydrogen-bond donors (Lipinski definition) is 3. The van der Waals surface area contributed by atoms with Crippen LogP contribution in [0.3, 0.4) is 0 Å². The van der Waals surface area contributed by atoms with Crippen molar-refractivity contribution < 1.29 is 14.6 Å². The monoisotopic (exact) mass is 336 g/mol. The van der Waals surface area contributed by atoms with E-state index in [1.54, 1.807) is 12.3 Å². The number of rotatable bonds is 9. The first-order chi connectivity index (χ1) is 11.1. The van der Waals surface area contributed by atoms with E-state index in [0.29, 0.717) is 30.8 Å². The van der Waals surface area contributed by atoms with Crippen LogP contribution in [0.2, 0.25) is 0 Å². The van der Waals surface area contributed by atoms with Gasteiger partial charge in [0.2, 0.25) is 5.11 Å². The van der Waals surface area contributed by atoms with Gasteiger partial charge in [-0.1, -0.05) is 19.9 Å². The van der Waals surface area contributed by atoms with E-state index in [2.05, 4.69) is 36.3 Å². The normalized spacial score (nSPS) is 10.6. The van der Waals surface area contributed by atoms with E-state index in [1.165, 1.54) is 0 Å². The van der Waals surface area contributed by atoms with Gasteiger partial charge in [-0.15, -0.1) is 17.1 Å². The largest absolute Gasteiger partial charge is 0.490 e. The Balaban J connectivity index is 2.70. The number of hydrazone groups is 1. The standard InChI is InChI=1S/C17H25N3O2S/c1-5-9-18-17(23)20-19-11-14-7-8-15(22-12-13(3)4)16(10-14)21-6-2/h5,7-8,10-11,13H,1,6,9,12H2,2-4H3,(H2,18,20,23)/p+1. The molecule has 126 valence electrons. The minimum absolute atomic E-state index is 0.464. The highest BCUT2D eigenvalue weighted by molar-refractivity contribution is 7.80. The summed E-state index contributed by atoms with van der Waals surface area (Å²) in [7, 11) is 0. The van der Waals surface area contributed by atoms with E-state index in [-0.39, 0.29) is 0 Å². The summed E-state index contributed by atoms with van der Waals surface area (Å²) >= 11 is 5.08. The number of ether oxygens (including phenoxy) is 2. The minimum Gasteiger partial charge on any atom is -0.490 e. The third-order valence-corrected chi connectivity index (χ3v) is 2.92. The van der Waals surface area contributed by atoms with Crippen LogP contribution in [-0.4, -0.2) is 31.1 Å². The van der Waals surface area contributed by atoms with Gasteiger partial charge in [0.15, 0.2) is 17.7 Å². The molecule has 0 unspecified atom stereocenters. The van der Waals surface area contributed by atoms with Gasteiger partial charge in [0.25, 0.3) is 0 Å². The van der Waals surface area contributed by atoms with Gasteiger partial charge in [0.05, 0.1) is 13.2 Å². The number of hydrazine groups is 1. The van der Waals surface area contributed by atoms with Crippen LogP contribution in [0.4, 0.5) is 0 Å². The molecule has 1 aromatic rings. The van der Waals surface area contributed by atoms with Crippen molar-refractivity contribution in [1.82, 2.24) is 10.7 Å². The van der Waals surface area contributed by atoms with Crippen molar-refractivity contribution in [2.24, 2.45) is 5.92 Å². The minimum atomic E-state index is 0.464. The first-order valence-corrected chi connectivity index (χ1v) is 8.10. The number of hydrogen-bond acceptors (Lipinski definition) is 3.